The third-order valence-electron chi connectivity index (χ3n) is 8.32. The fourth-order valence-electron chi connectivity index (χ4n) is 5.92. The summed E-state index contributed by atoms with van der Waals surface area (Å²) in [6.45, 7) is 1.23. The number of hydrogen-bond acceptors (Lipinski definition) is 6. The molecule has 2 heterocycles. The number of aliphatic hydroxyl groups excluding tert-OH is 2. The fraction of sp³-hybridized carbons (Fsp3) is 0.382. The lowest BCUT2D eigenvalue weighted by atomic mass is 9.74. The zero-order valence-corrected chi connectivity index (χ0v) is 23.7. The van der Waals surface area contributed by atoms with E-state index in [1.807, 2.05) is 66.7 Å². The summed E-state index contributed by atoms with van der Waals surface area (Å²) in [5, 5.41) is 24.5. The molecule has 5 unspecified atom stereocenters. The molecule has 8 heteroatoms. The van der Waals surface area contributed by atoms with E-state index in [4.69, 9.17) is 9.47 Å². The maximum absolute atomic E-state index is 13.5. The van der Waals surface area contributed by atoms with Gasteiger partial charge in [0.05, 0.1) is 31.5 Å². The van der Waals surface area contributed by atoms with E-state index < -0.39 is 12.2 Å². The lowest BCUT2D eigenvalue weighted by Crippen LogP contribution is -2.71. The van der Waals surface area contributed by atoms with Gasteiger partial charge in [-0.1, -0.05) is 42.2 Å². The number of urea groups is 1. The van der Waals surface area contributed by atoms with Crippen LogP contribution in [-0.2, 0) is 4.74 Å². The average molecular weight is 568 g/mol. The zero-order valence-electron chi connectivity index (χ0n) is 23.7. The van der Waals surface area contributed by atoms with Crippen molar-refractivity contribution in [2.24, 2.45) is 0 Å². The van der Waals surface area contributed by atoms with Gasteiger partial charge in [-0.05, 0) is 66.9 Å². The van der Waals surface area contributed by atoms with Crippen LogP contribution in [-0.4, -0.2) is 89.8 Å². The van der Waals surface area contributed by atoms with E-state index >= 15 is 0 Å². The molecule has 0 radical (unpaired) electrons. The SMILES string of the molecule is COCC1C(c2ccc(C#Cc3ccccc3)cc2)C2CN(C(=O)Nc3ccc(OC4CC4)cc3)CC(O)C(O)CN12. The van der Waals surface area contributed by atoms with Crippen molar-refractivity contribution in [2.45, 2.75) is 49.2 Å². The molecule has 8 nitrogen and oxygen atoms in total. The molecule has 0 aromatic heterocycles. The molecule has 2 saturated heterocycles. The molecule has 0 spiro atoms. The maximum Gasteiger partial charge on any atom is 0.321 e. The Hall–Kier alpha value is -3.87. The van der Waals surface area contributed by atoms with Gasteiger partial charge < -0.3 is 29.9 Å². The van der Waals surface area contributed by atoms with Gasteiger partial charge in [0.1, 0.15) is 5.75 Å². The van der Waals surface area contributed by atoms with Crippen molar-refractivity contribution in [3.8, 4) is 17.6 Å². The second kappa shape index (κ2) is 12.6. The number of hydrogen-bond donors (Lipinski definition) is 3. The molecule has 42 heavy (non-hydrogen) atoms. The van der Waals surface area contributed by atoms with Crippen LogP contribution in [0, 0.1) is 11.8 Å². The van der Waals surface area contributed by atoms with Crippen LogP contribution >= 0.6 is 0 Å². The van der Waals surface area contributed by atoms with Gasteiger partial charge in [-0.3, -0.25) is 4.90 Å². The van der Waals surface area contributed by atoms with Crippen LogP contribution in [0.25, 0.3) is 0 Å². The minimum absolute atomic E-state index is 0.00475. The highest BCUT2D eigenvalue weighted by molar-refractivity contribution is 5.89. The number of nitrogens with zero attached hydrogens (tertiary/aromatic N) is 2. The van der Waals surface area contributed by atoms with Gasteiger partial charge in [0.15, 0.2) is 0 Å². The van der Waals surface area contributed by atoms with E-state index in [2.05, 4.69) is 34.2 Å². The van der Waals surface area contributed by atoms with Crippen LogP contribution in [0.15, 0.2) is 78.9 Å². The average Bonchev–Trinajstić information content (AvgIpc) is 3.83. The first kappa shape index (κ1) is 28.3. The van der Waals surface area contributed by atoms with Crippen LogP contribution in [0.2, 0.25) is 0 Å². The summed E-state index contributed by atoms with van der Waals surface area (Å²) in [5.41, 5.74) is 3.66. The maximum atomic E-state index is 13.5. The molecule has 218 valence electrons. The number of aliphatic hydroxyl groups is 2. The van der Waals surface area contributed by atoms with Crippen LogP contribution in [0.3, 0.4) is 0 Å². The number of rotatable bonds is 6. The number of nitrogens with one attached hydrogen (secondary N) is 1. The number of carbonyl (C=O) groups is 1. The molecule has 0 bridgehead atoms. The molecule has 5 atom stereocenters. The first-order valence-corrected chi connectivity index (χ1v) is 14.6. The minimum Gasteiger partial charge on any atom is -0.490 e. The number of fused-ring (bicyclic) bond motifs is 1. The predicted molar refractivity (Wildman–Crippen MR) is 160 cm³/mol. The van der Waals surface area contributed by atoms with Gasteiger partial charge in [0, 0.05) is 55.0 Å². The second-order valence-corrected chi connectivity index (χ2v) is 11.4. The lowest BCUT2D eigenvalue weighted by Gasteiger charge is -2.58. The van der Waals surface area contributed by atoms with Gasteiger partial charge in [0.2, 0.25) is 0 Å². The zero-order chi connectivity index (χ0) is 29.1. The third kappa shape index (κ3) is 6.45. The molecule has 2 amide bonds. The molecule has 2 aliphatic heterocycles. The summed E-state index contributed by atoms with van der Waals surface area (Å²) in [6.07, 6.45) is 0.420. The second-order valence-electron chi connectivity index (χ2n) is 11.4. The van der Waals surface area contributed by atoms with Gasteiger partial charge in [-0.25, -0.2) is 4.79 Å². The Bertz CT molecular complexity index is 1420. The number of carbonyl (C=O) groups excluding carboxylic acids is 1. The van der Waals surface area contributed by atoms with Crippen molar-refractivity contribution in [1.29, 1.82) is 0 Å². The molecule has 1 aliphatic carbocycles. The third-order valence-corrected chi connectivity index (χ3v) is 8.32. The number of methoxy groups -OCH3 is 1. The van der Waals surface area contributed by atoms with E-state index in [0.717, 1.165) is 35.3 Å². The Balaban J connectivity index is 1.19. The number of β-amino-alcohol motifs (C(OH)–C–C–N with tert-alkyl or cyclic N) is 1. The number of amides is 2. The van der Waals surface area contributed by atoms with Gasteiger partial charge in [-0.15, -0.1) is 0 Å². The Morgan fingerprint density at radius 1 is 0.881 bits per heavy atom. The van der Waals surface area contributed by atoms with Crippen LogP contribution < -0.4 is 10.1 Å². The largest absolute Gasteiger partial charge is 0.490 e. The van der Waals surface area contributed by atoms with Crippen molar-refractivity contribution in [2.75, 3.05) is 38.7 Å². The van der Waals surface area contributed by atoms with E-state index in [9.17, 15) is 15.0 Å². The normalized spacial score (nSPS) is 25.6. The number of ether oxygens (including phenoxy) is 2. The summed E-state index contributed by atoms with van der Waals surface area (Å²) in [4.78, 5) is 17.2. The summed E-state index contributed by atoms with van der Waals surface area (Å²) in [7, 11) is 1.67. The van der Waals surface area contributed by atoms with Gasteiger partial charge in [-0.2, -0.15) is 0 Å². The first-order valence-electron chi connectivity index (χ1n) is 14.6. The molecule has 6 rings (SSSR count). The molecular weight excluding hydrogens is 530 g/mol. The van der Waals surface area contributed by atoms with Crippen molar-refractivity contribution < 1.29 is 24.5 Å². The Morgan fingerprint density at radius 3 is 2.21 bits per heavy atom. The molecule has 3 aromatic rings. The lowest BCUT2D eigenvalue weighted by molar-refractivity contribution is -0.116. The Labute approximate surface area is 246 Å². The van der Waals surface area contributed by atoms with Crippen LogP contribution in [0.5, 0.6) is 5.75 Å². The topological polar surface area (TPSA) is 94.5 Å². The summed E-state index contributed by atoms with van der Waals surface area (Å²) < 4.78 is 11.4. The van der Waals surface area contributed by atoms with E-state index in [-0.39, 0.29) is 30.6 Å². The van der Waals surface area contributed by atoms with Crippen molar-refractivity contribution in [3.63, 3.8) is 0 Å². The smallest absolute Gasteiger partial charge is 0.321 e. The summed E-state index contributed by atoms with van der Waals surface area (Å²) in [5.74, 6) is 7.30. The molecule has 3 aromatic carbocycles. The molecule has 3 fully saturated rings. The van der Waals surface area contributed by atoms with E-state index in [0.29, 0.717) is 31.5 Å². The highest BCUT2D eigenvalue weighted by Crippen LogP contribution is 2.42. The Kier molecular flexibility index (Phi) is 8.45. The van der Waals surface area contributed by atoms with Crippen molar-refractivity contribution in [3.05, 3.63) is 95.6 Å². The highest BCUT2D eigenvalue weighted by atomic mass is 16.5. The van der Waals surface area contributed by atoms with Crippen molar-refractivity contribution in [1.82, 2.24) is 9.80 Å². The quantitative estimate of drug-likeness (QED) is 0.394. The molecule has 3 N–H and O–H groups in total. The van der Waals surface area contributed by atoms with Crippen molar-refractivity contribution >= 4 is 11.7 Å². The predicted octanol–water partition coefficient (Wildman–Crippen LogP) is 3.68. The van der Waals surface area contributed by atoms with E-state index in [1.165, 1.54) is 0 Å². The highest BCUT2D eigenvalue weighted by Gasteiger charge is 2.51. The summed E-state index contributed by atoms with van der Waals surface area (Å²) in [6, 6.07) is 25.1. The number of benzene rings is 3. The first-order chi connectivity index (χ1) is 20.5. The van der Waals surface area contributed by atoms with E-state index in [1.54, 1.807) is 12.0 Å². The van der Waals surface area contributed by atoms with Crippen LogP contribution in [0.4, 0.5) is 10.5 Å². The minimum atomic E-state index is -1.06. The molecule has 3 aliphatic rings. The van der Waals surface area contributed by atoms with Gasteiger partial charge in [0.25, 0.3) is 0 Å². The van der Waals surface area contributed by atoms with Crippen LogP contribution in [0.1, 0.15) is 35.4 Å². The Morgan fingerprint density at radius 2 is 1.55 bits per heavy atom. The number of anilines is 1. The molecule has 1 saturated carbocycles. The van der Waals surface area contributed by atoms with Gasteiger partial charge >= 0.3 is 6.03 Å². The monoisotopic (exact) mass is 567 g/mol. The molecular formula is C34H37N3O5. The standard InChI is InChI=1S/C34H37N3O5/c1-41-22-30-33(25-11-9-24(10-12-25)8-7-23-5-3-2-4-6-23)29-19-36(20-31(38)32(39)21-37(29)30)34(40)35-26-13-15-27(16-14-26)42-28-17-18-28/h2-6,9-16,28-33,38-39H,17-22H2,1H3,(H,35,40). The fourth-order valence-corrected chi connectivity index (χ4v) is 5.92. The summed E-state index contributed by atoms with van der Waals surface area (Å²) >= 11 is 0.